The molecule has 0 bridgehead atoms. The first-order chi connectivity index (χ1) is 14.4. The summed E-state index contributed by atoms with van der Waals surface area (Å²) in [5.41, 5.74) is 1.30. The number of hydrogen-bond donors (Lipinski definition) is 1. The fraction of sp³-hybridized carbons (Fsp3) is 0.130. The first kappa shape index (κ1) is 19.8. The highest BCUT2D eigenvalue weighted by Gasteiger charge is 2.24. The molecule has 0 aliphatic rings. The van der Waals surface area contributed by atoms with Crippen LogP contribution in [-0.2, 0) is 4.79 Å². The highest BCUT2D eigenvalue weighted by Crippen LogP contribution is 2.33. The number of rotatable bonds is 5. The molecule has 152 valence electrons. The van der Waals surface area contributed by atoms with Crippen LogP contribution in [0.25, 0.3) is 22.5 Å². The van der Waals surface area contributed by atoms with Gasteiger partial charge in [0.1, 0.15) is 5.58 Å². The van der Waals surface area contributed by atoms with Gasteiger partial charge in [-0.1, -0.05) is 29.8 Å². The standard InChI is InChI=1S/C23H18ClNO5/c1-13-11-19-16(12-17(13)24)20(26)22(21(30-19)18-9-6-10-28-18)29-14(2)23(27)25-15-7-4-3-5-8-15/h3-12,14H,1-2H3,(H,25,27). The van der Waals surface area contributed by atoms with Crippen LogP contribution in [0.15, 0.2) is 74.5 Å². The molecule has 1 N–H and O–H groups in total. The van der Waals surface area contributed by atoms with Gasteiger partial charge in [-0.15, -0.1) is 0 Å². The zero-order chi connectivity index (χ0) is 21.3. The highest BCUT2D eigenvalue weighted by atomic mass is 35.5. The molecular formula is C23H18ClNO5. The van der Waals surface area contributed by atoms with Crippen molar-refractivity contribution in [3.63, 3.8) is 0 Å². The van der Waals surface area contributed by atoms with E-state index in [-0.39, 0.29) is 16.9 Å². The Labute approximate surface area is 177 Å². The maximum absolute atomic E-state index is 13.2. The molecule has 0 saturated carbocycles. The van der Waals surface area contributed by atoms with E-state index in [1.807, 2.05) is 13.0 Å². The van der Waals surface area contributed by atoms with Crippen LogP contribution in [-0.4, -0.2) is 12.0 Å². The average Bonchev–Trinajstić information content (AvgIpc) is 3.27. The summed E-state index contributed by atoms with van der Waals surface area (Å²) < 4.78 is 17.2. The summed E-state index contributed by atoms with van der Waals surface area (Å²) in [5.74, 6) is -0.105. The zero-order valence-corrected chi connectivity index (χ0v) is 17.0. The first-order valence-electron chi connectivity index (χ1n) is 9.27. The Bertz CT molecular complexity index is 1260. The number of fused-ring (bicyclic) bond motifs is 1. The third-order valence-corrected chi connectivity index (χ3v) is 4.99. The molecule has 2 heterocycles. The lowest BCUT2D eigenvalue weighted by Gasteiger charge is -2.16. The molecule has 1 atom stereocenters. The summed E-state index contributed by atoms with van der Waals surface area (Å²) >= 11 is 6.19. The Hall–Kier alpha value is -3.51. The molecule has 0 spiro atoms. The smallest absolute Gasteiger partial charge is 0.265 e. The Kier molecular flexibility index (Phi) is 5.33. The van der Waals surface area contributed by atoms with E-state index in [2.05, 4.69) is 5.32 Å². The normalized spacial score (nSPS) is 12.0. The lowest BCUT2D eigenvalue weighted by atomic mass is 10.1. The Morgan fingerprint density at radius 2 is 1.90 bits per heavy atom. The molecule has 0 aliphatic heterocycles. The van der Waals surface area contributed by atoms with Crippen molar-refractivity contribution in [3.05, 3.63) is 81.7 Å². The number of carbonyl (C=O) groups is 1. The van der Waals surface area contributed by atoms with Crippen LogP contribution in [0.4, 0.5) is 5.69 Å². The predicted molar refractivity (Wildman–Crippen MR) is 115 cm³/mol. The molecule has 30 heavy (non-hydrogen) atoms. The van der Waals surface area contributed by atoms with Crippen LogP contribution in [0.5, 0.6) is 5.75 Å². The number of furan rings is 1. The van der Waals surface area contributed by atoms with Crippen molar-refractivity contribution in [1.29, 1.82) is 0 Å². The number of nitrogens with one attached hydrogen (secondary N) is 1. The molecule has 0 fully saturated rings. The van der Waals surface area contributed by atoms with Crippen molar-refractivity contribution in [2.45, 2.75) is 20.0 Å². The van der Waals surface area contributed by atoms with Crippen molar-refractivity contribution in [2.75, 3.05) is 5.32 Å². The van der Waals surface area contributed by atoms with Crippen LogP contribution >= 0.6 is 11.6 Å². The minimum atomic E-state index is -0.972. The second-order valence-corrected chi connectivity index (χ2v) is 7.19. The number of para-hydroxylation sites is 1. The van der Waals surface area contributed by atoms with Crippen LogP contribution in [0, 0.1) is 6.92 Å². The fourth-order valence-electron chi connectivity index (χ4n) is 2.97. The van der Waals surface area contributed by atoms with E-state index in [1.165, 1.54) is 12.3 Å². The van der Waals surface area contributed by atoms with Gasteiger partial charge >= 0.3 is 0 Å². The minimum Gasteiger partial charge on any atom is -0.473 e. The van der Waals surface area contributed by atoms with Crippen molar-refractivity contribution < 1.29 is 18.4 Å². The zero-order valence-electron chi connectivity index (χ0n) is 16.3. The molecule has 0 aliphatic carbocycles. The van der Waals surface area contributed by atoms with E-state index in [9.17, 15) is 9.59 Å². The second-order valence-electron chi connectivity index (χ2n) is 6.78. The van der Waals surface area contributed by atoms with Crippen molar-refractivity contribution in [2.24, 2.45) is 0 Å². The Balaban J connectivity index is 1.76. The average molecular weight is 424 g/mol. The minimum absolute atomic E-state index is 0.110. The van der Waals surface area contributed by atoms with Gasteiger partial charge in [0.05, 0.1) is 11.6 Å². The molecule has 0 saturated heterocycles. The highest BCUT2D eigenvalue weighted by molar-refractivity contribution is 6.32. The predicted octanol–water partition coefficient (Wildman–Crippen LogP) is 5.42. The molecule has 2 aromatic carbocycles. The maximum atomic E-state index is 13.2. The molecule has 4 rings (SSSR count). The summed E-state index contributed by atoms with van der Waals surface area (Å²) in [6.07, 6.45) is 0.488. The number of halogens is 1. The van der Waals surface area contributed by atoms with E-state index in [4.69, 9.17) is 25.2 Å². The van der Waals surface area contributed by atoms with Crippen LogP contribution in [0.2, 0.25) is 5.02 Å². The largest absolute Gasteiger partial charge is 0.473 e. The molecule has 2 aromatic heterocycles. The quantitative estimate of drug-likeness (QED) is 0.463. The van der Waals surface area contributed by atoms with Crippen molar-refractivity contribution in [3.8, 4) is 17.3 Å². The van der Waals surface area contributed by atoms with Crippen molar-refractivity contribution >= 4 is 34.2 Å². The Morgan fingerprint density at radius 1 is 1.13 bits per heavy atom. The molecular weight excluding hydrogens is 406 g/mol. The third kappa shape index (κ3) is 3.82. The fourth-order valence-corrected chi connectivity index (χ4v) is 3.13. The summed E-state index contributed by atoms with van der Waals surface area (Å²) in [6, 6.07) is 15.5. The SMILES string of the molecule is Cc1cc2oc(-c3ccco3)c(OC(C)C(=O)Nc3ccccc3)c(=O)c2cc1Cl. The molecule has 6 nitrogen and oxygen atoms in total. The van der Waals surface area contributed by atoms with Crippen LogP contribution < -0.4 is 15.5 Å². The first-order valence-corrected chi connectivity index (χ1v) is 9.65. The maximum Gasteiger partial charge on any atom is 0.265 e. The summed E-state index contributed by atoms with van der Waals surface area (Å²) in [5, 5.41) is 3.44. The van der Waals surface area contributed by atoms with Crippen LogP contribution in [0.1, 0.15) is 12.5 Å². The number of amides is 1. The number of ether oxygens (including phenoxy) is 1. The lowest BCUT2D eigenvalue weighted by molar-refractivity contribution is -0.122. The molecule has 0 radical (unpaired) electrons. The number of carbonyl (C=O) groups excluding carboxylic acids is 1. The van der Waals surface area contributed by atoms with Gasteiger partial charge in [-0.25, -0.2) is 0 Å². The molecule has 4 aromatic rings. The van der Waals surface area contributed by atoms with Gasteiger partial charge in [0.25, 0.3) is 5.91 Å². The third-order valence-electron chi connectivity index (χ3n) is 4.58. The Morgan fingerprint density at radius 3 is 2.60 bits per heavy atom. The van der Waals surface area contributed by atoms with Crippen LogP contribution in [0.3, 0.4) is 0 Å². The molecule has 1 amide bonds. The van der Waals surface area contributed by atoms with Gasteiger partial charge in [-0.2, -0.15) is 0 Å². The van der Waals surface area contributed by atoms with E-state index in [1.54, 1.807) is 49.4 Å². The van der Waals surface area contributed by atoms with E-state index in [0.29, 0.717) is 22.1 Å². The lowest BCUT2D eigenvalue weighted by Crippen LogP contribution is -2.31. The van der Waals surface area contributed by atoms with Gasteiger partial charge in [-0.3, -0.25) is 9.59 Å². The second kappa shape index (κ2) is 8.08. The van der Waals surface area contributed by atoms with Gasteiger partial charge < -0.3 is 18.9 Å². The summed E-state index contributed by atoms with van der Waals surface area (Å²) in [4.78, 5) is 25.8. The summed E-state index contributed by atoms with van der Waals surface area (Å²) in [7, 11) is 0. The van der Waals surface area contributed by atoms with Gasteiger partial charge in [0, 0.05) is 10.7 Å². The number of aryl methyl sites for hydroxylation is 1. The monoisotopic (exact) mass is 423 g/mol. The molecule has 1 unspecified atom stereocenters. The molecule has 7 heteroatoms. The van der Waals surface area contributed by atoms with E-state index in [0.717, 1.165) is 5.56 Å². The van der Waals surface area contributed by atoms with Gasteiger partial charge in [0.2, 0.25) is 16.9 Å². The van der Waals surface area contributed by atoms with Crippen molar-refractivity contribution in [1.82, 2.24) is 0 Å². The van der Waals surface area contributed by atoms with E-state index < -0.39 is 17.4 Å². The van der Waals surface area contributed by atoms with Gasteiger partial charge in [0.15, 0.2) is 11.9 Å². The van der Waals surface area contributed by atoms with Gasteiger partial charge in [-0.05, 0) is 55.8 Å². The number of hydrogen-bond acceptors (Lipinski definition) is 5. The topological polar surface area (TPSA) is 81.7 Å². The number of anilines is 1. The van der Waals surface area contributed by atoms with E-state index >= 15 is 0 Å². The summed E-state index contributed by atoms with van der Waals surface area (Å²) in [6.45, 7) is 3.37. The number of benzene rings is 2.